The van der Waals surface area contributed by atoms with Crippen molar-refractivity contribution in [2.75, 3.05) is 64.0 Å². The molecule has 6 aromatic heterocycles. The molecular weight excluding hydrogens is 1510 g/mol. The summed E-state index contributed by atoms with van der Waals surface area (Å²) in [6, 6.07) is 11.0. The number of anilines is 1. The van der Waals surface area contributed by atoms with E-state index in [4.69, 9.17) is 39.0 Å². The number of hydrogen-bond donors (Lipinski definition) is 3. The van der Waals surface area contributed by atoms with Crippen LogP contribution in [0.5, 0.6) is 6.01 Å². The normalized spacial score (nSPS) is 22.4. The van der Waals surface area contributed by atoms with Gasteiger partial charge >= 0.3 is 12.1 Å². The molecule has 7 atom stereocenters. The van der Waals surface area contributed by atoms with Crippen molar-refractivity contribution in [2.45, 2.75) is 251 Å². The second-order valence-corrected chi connectivity index (χ2v) is 50.9. The predicted molar refractivity (Wildman–Crippen MR) is 447 cm³/mol. The van der Waals surface area contributed by atoms with E-state index in [0.29, 0.717) is 99.1 Å². The lowest BCUT2D eigenvalue weighted by Crippen LogP contribution is -2.58. The Bertz CT molecular complexity index is 4860. The molecule has 112 heavy (non-hydrogen) atoms. The fourth-order valence-electron chi connectivity index (χ4n) is 18.3. The van der Waals surface area contributed by atoms with Gasteiger partial charge in [-0.1, -0.05) is 112 Å². The van der Waals surface area contributed by atoms with Gasteiger partial charge in [0.1, 0.15) is 49.7 Å². The fourth-order valence-corrected chi connectivity index (χ4v) is 27.1. The van der Waals surface area contributed by atoms with Crippen LogP contribution >= 0.6 is 34.0 Å². The van der Waals surface area contributed by atoms with E-state index in [1.165, 1.54) is 16.2 Å². The molecule has 28 heteroatoms. The molecule has 21 nitrogen and oxygen atoms in total. The second kappa shape index (κ2) is 31.5. The Morgan fingerprint density at radius 1 is 0.875 bits per heavy atom. The number of nitrogens with one attached hydrogen (secondary N) is 2. The van der Waals surface area contributed by atoms with Gasteiger partial charge in [-0.05, 0) is 123 Å². The van der Waals surface area contributed by atoms with Crippen LogP contribution in [-0.4, -0.2) is 196 Å². The first kappa shape index (κ1) is 81.5. The lowest BCUT2D eigenvalue weighted by molar-refractivity contribution is -0.146. The van der Waals surface area contributed by atoms with E-state index in [-0.39, 0.29) is 87.4 Å². The average molecular weight is 1620 g/mol. The van der Waals surface area contributed by atoms with Gasteiger partial charge in [0.15, 0.2) is 0 Å². The number of rotatable bonds is 23. The number of halogens is 2. The molecule has 1 spiro atoms. The van der Waals surface area contributed by atoms with E-state index in [2.05, 4.69) is 110 Å². The first-order chi connectivity index (χ1) is 52.9. The maximum Gasteiger partial charge on any atom is 0.410 e. The summed E-state index contributed by atoms with van der Waals surface area (Å²) in [4.78, 5) is 85.8. The first-order valence-electron chi connectivity index (χ1n) is 40.2. The summed E-state index contributed by atoms with van der Waals surface area (Å²) in [5.74, 6) is 0.228. The Hall–Kier alpha value is -7.08. The highest BCUT2D eigenvalue weighted by Crippen LogP contribution is 2.61. The molecule has 6 fully saturated rings. The van der Waals surface area contributed by atoms with Crippen molar-refractivity contribution in [1.29, 1.82) is 0 Å². The molecule has 5 aliphatic heterocycles. The molecule has 4 amide bonds. The number of β-amino-alcohol motifs (C(OH)–C–C–N with tert-alkyl or cyclic N) is 1. The summed E-state index contributed by atoms with van der Waals surface area (Å²) in [5.41, 5.74) is 10.2. The maximum absolute atomic E-state index is 16.4. The van der Waals surface area contributed by atoms with Crippen molar-refractivity contribution in [3.8, 4) is 39.2 Å². The topological polar surface area (TPSA) is 232 Å². The number of amides is 4. The summed E-state index contributed by atoms with van der Waals surface area (Å²) in [6.45, 7) is 37.6. The number of aliphatic hydroxyl groups excluding tert-OH is 1. The number of ether oxygens (including phenoxy) is 4. The molecule has 1 aliphatic carbocycles. The van der Waals surface area contributed by atoms with E-state index in [1.54, 1.807) is 22.7 Å². The van der Waals surface area contributed by atoms with Crippen molar-refractivity contribution in [2.24, 2.45) is 16.7 Å². The number of thiophene rings is 2. The number of pyridine rings is 1. The minimum absolute atomic E-state index is 0.00456. The number of aliphatic hydroxyl groups is 1. The number of nitrogens with zero attached hydrogens (tertiary/aromatic N) is 10. The van der Waals surface area contributed by atoms with Gasteiger partial charge in [-0.25, -0.2) is 23.2 Å². The number of piperazine rings is 1. The molecule has 2 aromatic carbocycles. The molecule has 6 aliphatic rings. The van der Waals surface area contributed by atoms with Gasteiger partial charge < -0.3 is 49.4 Å². The molecule has 2 unspecified atom stereocenters. The van der Waals surface area contributed by atoms with E-state index in [1.807, 2.05) is 106 Å². The Labute approximate surface area is 671 Å². The molecule has 11 heterocycles. The number of piperidine rings is 1. The number of carbonyl (C=O) groups excluding carboxylic acids is 4. The predicted octanol–water partition coefficient (Wildman–Crippen LogP) is 16.2. The molecule has 5 saturated heterocycles. The lowest BCUT2D eigenvalue weighted by atomic mass is 9.80. The number of thiazole rings is 1. The van der Waals surface area contributed by atoms with E-state index in [0.717, 1.165) is 93.9 Å². The molecule has 14 rings (SSSR count). The van der Waals surface area contributed by atoms with Gasteiger partial charge in [0.2, 0.25) is 17.7 Å². The van der Waals surface area contributed by atoms with Crippen LogP contribution in [0.1, 0.15) is 158 Å². The summed E-state index contributed by atoms with van der Waals surface area (Å²) in [5, 5.41) is 27.7. The van der Waals surface area contributed by atoms with Crippen LogP contribution in [0.4, 0.5) is 19.4 Å². The van der Waals surface area contributed by atoms with Gasteiger partial charge in [0.05, 0.1) is 79.4 Å². The number of hydrogen-bond acceptors (Lipinski definition) is 19. The highest BCUT2D eigenvalue weighted by atomic mass is 32.1. The number of likely N-dealkylation sites (tertiary alicyclic amines) is 2. The van der Waals surface area contributed by atoms with Gasteiger partial charge in [-0.3, -0.25) is 24.3 Å². The van der Waals surface area contributed by atoms with E-state index >= 15 is 8.78 Å². The highest BCUT2D eigenvalue weighted by molar-refractivity contribution is 7.26. The molecule has 0 radical (unpaired) electrons. The van der Waals surface area contributed by atoms with Crippen LogP contribution in [0.3, 0.4) is 0 Å². The third kappa shape index (κ3) is 16.6. The Balaban J connectivity index is 0.683. The Kier molecular flexibility index (Phi) is 22.9. The monoisotopic (exact) mass is 1620 g/mol. The molecular formula is C84H112F2N12O9S3Si2. The molecule has 3 N–H and O–H groups in total. The van der Waals surface area contributed by atoms with Gasteiger partial charge in [-0.2, -0.15) is 15.1 Å². The van der Waals surface area contributed by atoms with Crippen LogP contribution in [0.25, 0.3) is 63.0 Å². The molecule has 8 aromatic rings. The van der Waals surface area contributed by atoms with Crippen molar-refractivity contribution in [3.63, 3.8) is 0 Å². The number of alkyl halides is 2. The van der Waals surface area contributed by atoms with Crippen molar-refractivity contribution >= 4 is 121 Å². The summed E-state index contributed by atoms with van der Waals surface area (Å²) >= 11 is 4.73. The summed E-state index contributed by atoms with van der Waals surface area (Å²) in [6.07, 6.45) is 6.64. The SMILES string of the molecule is Cc1ncsc1-c1ccc(CNC(=O)[C@@H]2C[C@@H](O)CN2C(=O)[C@@H](NC(=O)C[C@@H]2CCC3(CCN(C[C@@]4(COc5nc(N6CC7CCC(C6)N7C(=O)OC(C)(C)C)c6c(n5)sc5c(-c7c8cnn(COCC[Si](C)(C)C)c8cc8scc(C#C[Si](C(C)C)(C(C)C)C(C)C)c78)nccc56)CC4(F)F)CC3)OC2)C(C)(C)C)cc1. The highest BCUT2D eigenvalue weighted by Gasteiger charge is 2.72. The zero-order valence-corrected chi connectivity index (χ0v) is 72.4. The number of carbonyl (C=O) groups is 4. The van der Waals surface area contributed by atoms with E-state index < -0.39 is 68.2 Å². The van der Waals surface area contributed by atoms with Crippen molar-refractivity contribution < 1.29 is 52.0 Å². The third-order valence-corrected chi connectivity index (χ3v) is 35.6. The van der Waals surface area contributed by atoms with Crippen LogP contribution in [-0.2, 0) is 41.9 Å². The lowest BCUT2D eigenvalue weighted by Gasteiger charge is -2.46. The minimum Gasteiger partial charge on any atom is -0.462 e. The number of benzene rings is 2. The first-order valence-corrected chi connectivity index (χ1v) is 48.7. The average Bonchev–Trinajstić information content (AvgIpc) is 1.56. The van der Waals surface area contributed by atoms with Crippen LogP contribution in [0.2, 0.25) is 42.3 Å². The number of fused-ring (bicyclic) bond motifs is 7. The molecule has 2 bridgehead atoms. The Morgan fingerprint density at radius 2 is 1.58 bits per heavy atom. The largest absolute Gasteiger partial charge is 0.462 e. The zero-order chi connectivity index (χ0) is 79.9. The standard InChI is InChI=1S/C84H112F2N12O9S3Si2/c1-50(2)112(51(3)4,52(5)6)33-25-57-44-108-65-37-63-62(39-90-97(63)49-104-32-34-111(14,15)16)68(67(57)65)70-72-61(24-29-87-70)69-74(95-40-58-21-22-59(41-95)98(58)79(103)107-81(11,12)13)92-78(93-76(69)110-72)105-47-82(45-84(82,85)86)46-94-30-27-83(28-31-94)26-23-55(43-106-83)35-66(100)91-73(80(8,9)10)77(102)96-42-60(99)36-64(96)75(101)88-38-54-17-19-56(20-18-54)71-53(7)89-48-109-71/h17-20,24,29,37,39,44,48,50-52,55,58-60,64,73,99H,21-23,26-28,30-32,34-36,38,40-43,45-47,49H2,1-16H3,(H,88,101)(H,91,100)/t55-,58?,59?,60+,64-,73+,82+/m0/s1. The van der Waals surface area contributed by atoms with E-state index in [9.17, 15) is 24.3 Å². The van der Waals surface area contributed by atoms with Crippen molar-refractivity contribution in [3.05, 3.63) is 76.5 Å². The molecule has 1 saturated carbocycles. The minimum atomic E-state index is -3.01. The van der Waals surface area contributed by atoms with Gasteiger partial charge in [0.25, 0.3) is 5.92 Å². The zero-order valence-electron chi connectivity index (χ0n) is 68.0. The number of aryl methyl sites for hydroxylation is 1. The molecule has 602 valence electrons. The van der Waals surface area contributed by atoms with Gasteiger partial charge in [0, 0.05) is 123 Å². The second-order valence-electron chi connectivity index (χ2n) is 36.9. The van der Waals surface area contributed by atoms with Gasteiger partial charge in [-0.15, -0.1) is 39.6 Å². The maximum atomic E-state index is 16.4. The smallest absolute Gasteiger partial charge is 0.410 e. The van der Waals surface area contributed by atoms with Crippen molar-refractivity contribution in [1.82, 2.24) is 55.0 Å². The Morgan fingerprint density at radius 3 is 2.21 bits per heavy atom. The number of aromatic nitrogens is 6. The fraction of sp³-hybridized carbons (Fsp3) is 0.607. The van der Waals surface area contributed by atoms with Crippen LogP contribution in [0.15, 0.2) is 59.7 Å². The summed E-state index contributed by atoms with van der Waals surface area (Å²) < 4.78 is 62.3. The summed E-state index contributed by atoms with van der Waals surface area (Å²) in [7, 11) is -3.55. The van der Waals surface area contributed by atoms with Crippen LogP contribution < -0.4 is 20.3 Å². The quantitative estimate of drug-likeness (QED) is 0.0307. The van der Waals surface area contributed by atoms with Crippen LogP contribution in [0, 0.1) is 35.1 Å². The third-order valence-electron chi connectivity index (χ3n) is 24.6.